The number of para-hydroxylation sites is 1. The smallest absolute Gasteiger partial charge is 0.426 e. The molecule has 1 saturated carbocycles. The number of nitrogens with zero attached hydrogens (tertiary/aromatic N) is 7. The summed E-state index contributed by atoms with van der Waals surface area (Å²) >= 11 is 0. The van der Waals surface area contributed by atoms with Crippen LogP contribution in [0, 0.1) is 11.3 Å². The van der Waals surface area contributed by atoms with E-state index in [-0.39, 0.29) is 97.9 Å². The number of aliphatic imine (C=N–C) groups is 1. The number of likely N-dealkylation sites (N-methyl/N-ethyl adjacent to an activating group) is 2. The quantitative estimate of drug-likeness (QED) is 0.00413. The van der Waals surface area contributed by atoms with Gasteiger partial charge >= 0.3 is 41.9 Å². The number of carboxylic acids is 5. The number of hydrogen-bond acceptors (Lipinski definition) is 33. The molecule has 49 heteroatoms. The number of nitrogen functional groups attached to an aromatic ring is 1. The Morgan fingerprint density at radius 3 is 2.04 bits per heavy atom. The first-order chi connectivity index (χ1) is 65.0. The summed E-state index contributed by atoms with van der Waals surface area (Å²) in [4.78, 5) is 219. The Morgan fingerprint density at radius 2 is 1.41 bits per heavy atom. The average Bonchev–Trinajstić information content (AvgIpc) is 1.48. The lowest BCUT2D eigenvalue weighted by molar-refractivity contribution is -0.204. The largest absolute Gasteiger partial charge is 0.496 e. The molecule has 0 radical (unpaired) electrons. The standard InChI is InChI=1S/C64H89N13O18S2.C24H26N8O8/c1-7-60(91)29-34-30-63(57(89)94-6,48-36(16-21-76(31-34)33-60)35-13-9-10-14-39(35)69-48)38-25-37-44(28-45(38)93-5)75(4)54-62(37)18-22-77-20-12-17-61(8-2,53(62)77)55(87)64(54,92)56(88)73-74-59(90)95-23-24-96-97-32-43(52(85)86)72-51(84)42(27-47(80)81)71-50(83)41(26-46(78)79)70-49(82)40(67-3)15-11-19-68-58(65)66;1-11(33)16(8-18(35)36)29-17(34)7-6-15(23(39)40)30-21(37)12-2-4-13(5-3-12)26-9-14-10-27-20-19(28-14)22(38)32-24(25)31-20/h9-10,12-14,17,25,28,34,40-43,53-55,67,69,87,91-92H,7-8,11,15-16,18-24,26-27,29-33H2,1-6H3,(H,70,82)(H,71,83)(H,72,84)(H,73,88)(H,74,90)(H,78,79)(H,80,81)(H,85,86)(H4,65,66,68);2-5,10,15-16,26H,6-9H2,1H3,(H,29,34)(H,30,37)(H,35,36)(H,39,40)(H3,25,27,31,32,38)/t34-,40+,41+,42+,43+,53+,54-,55-,60+,61-,62-,63+,64-;15-,16-/m10/s1. The van der Waals surface area contributed by atoms with Crippen molar-refractivity contribution in [2.75, 3.05) is 102 Å². The number of anilines is 3. The predicted octanol–water partition coefficient (Wildman–Crippen LogP) is -1.07. The molecule has 25 N–H and O–H groups in total. The number of hydrogen-bond donors (Lipinski definition) is 22. The second-order valence-electron chi connectivity index (χ2n) is 34.6. The number of ketones is 1. The highest BCUT2D eigenvalue weighted by Gasteiger charge is 2.79. The Morgan fingerprint density at radius 1 is 0.745 bits per heavy atom. The number of hydrazine groups is 1. The van der Waals surface area contributed by atoms with Gasteiger partial charge in [-0.2, -0.15) is 4.98 Å². The van der Waals surface area contributed by atoms with Crippen molar-refractivity contribution >= 4 is 150 Å². The number of nitrogens with one attached hydrogen (secondary N) is 11. The molecule has 2 bridgehead atoms. The average molecular weight is 1950 g/mol. The number of esters is 1. The van der Waals surface area contributed by atoms with Gasteiger partial charge in [0.2, 0.25) is 29.6 Å². The van der Waals surface area contributed by atoms with Gasteiger partial charge in [0.15, 0.2) is 28.5 Å². The summed E-state index contributed by atoms with van der Waals surface area (Å²) in [5.74, 6) is -14.8. The third-order valence-electron chi connectivity index (χ3n) is 26.0. The van der Waals surface area contributed by atoms with E-state index >= 15 is 9.59 Å². The molecule has 7 amide bonds. The van der Waals surface area contributed by atoms with Crippen molar-refractivity contribution in [2.45, 2.75) is 187 Å². The molecule has 1 unspecified atom stereocenters. The maximum atomic E-state index is 15.6. The van der Waals surface area contributed by atoms with Crippen molar-refractivity contribution in [2.24, 2.45) is 27.8 Å². The molecule has 6 aliphatic rings. The zero-order chi connectivity index (χ0) is 99.9. The highest BCUT2D eigenvalue weighted by Crippen LogP contribution is 2.68. The van der Waals surface area contributed by atoms with Crippen LogP contribution in [0.1, 0.15) is 136 Å². The summed E-state index contributed by atoms with van der Waals surface area (Å²) in [6.45, 7) is 7.72. The van der Waals surface area contributed by atoms with Gasteiger partial charge in [-0.15, -0.1) is 0 Å². The number of carboxylic acid groups (broad SMARTS) is 5. The van der Waals surface area contributed by atoms with E-state index in [0.717, 1.165) is 45.0 Å². The normalized spacial score (nSPS) is 23.4. The topological polar surface area (TPSA) is 724 Å². The fraction of sp³-hybridized carbons (Fsp3) is 0.511. The number of guanidine groups is 1. The van der Waals surface area contributed by atoms with Crippen LogP contribution < -0.4 is 80.5 Å². The monoisotopic (exact) mass is 1950 g/mol. The second kappa shape index (κ2) is 44.7. The Balaban J connectivity index is 0.000000375. The Labute approximate surface area is 791 Å². The number of nitrogens with two attached hydrogens (primary N) is 3. The molecular weight excluding hydrogens is 1830 g/mol. The minimum Gasteiger partial charge on any atom is -0.496 e. The van der Waals surface area contributed by atoms with Crippen LogP contribution in [0.25, 0.3) is 22.1 Å². The molecule has 5 aliphatic heterocycles. The highest BCUT2D eigenvalue weighted by atomic mass is 33.1. The number of rotatable bonds is 41. The molecular formula is C88H115N21O26S2. The van der Waals surface area contributed by atoms with E-state index in [0.29, 0.717) is 104 Å². The number of fused-ring (bicyclic) bond motifs is 7. The van der Waals surface area contributed by atoms with Crippen LogP contribution in [-0.4, -0.2) is 316 Å². The number of H-pyrrole nitrogens is 2. The van der Waals surface area contributed by atoms with Gasteiger partial charge in [0.1, 0.15) is 48.0 Å². The molecule has 12 rings (SSSR count). The first-order valence-electron chi connectivity index (χ1n) is 44.2. The molecule has 3 aromatic heterocycles. The van der Waals surface area contributed by atoms with E-state index < -0.39 is 190 Å². The minimum absolute atomic E-state index is 0.00921. The van der Waals surface area contributed by atoms with Gasteiger partial charge in [-0.25, -0.2) is 29.8 Å². The molecule has 47 nitrogen and oxygen atoms in total. The summed E-state index contributed by atoms with van der Waals surface area (Å²) in [5, 5.41) is 104. The summed E-state index contributed by atoms with van der Waals surface area (Å²) in [7, 11) is 7.96. The highest BCUT2D eigenvalue weighted by molar-refractivity contribution is 8.76. The number of Topliss-reactive ketones (excluding diaryl/α,β-unsaturated/α-hetero) is 1. The van der Waals surface area contributed by atoms with E-state index in [1.54, 1.807) is 24.1 Å². The van der Waals surface area contributed by atoms with E-state index in [4.69, 9.17) is 36.5 Å². The van der Waals surface area contributed by atoms with Crippen molar-refractivity contribution in [3.05, 3.63) is 123 Å². The van der Waals surface area contributed by atoms with Crippen molar-refractivity contribution in [3.8, 4) is 5.75 Å². The molecule has 1 spiro atoms. The Hall–Kier alpha value is -13.3. The van der Waals surface area contributed by atoms with Crippen molar-refractivity contribution in [1.82, 2.24) is 77.5 Å². The number of carbonyl (C=O) groups excluding carboxylic acids is 9. The molecule has 8 heterocycles. The zero-order valence-corrected chi connectivity index (χ0v) is 77.8. The van der Waals surface area contributed by atoms with Crippen molar-refractivity contribution in [1.29, 1.82) is 0 Å². The Kier molecular flexibility index (Phi) is 33.9. The first kappa shape index (κ1) is 104. The number of carbonyl (C=O) groups is 14. The minimum atomic E-state index is -2.69. The van der Waals surface area contributed by atoms with Crippen LogP contribution >= 0.6 is 21.6 Å². The third kappa shape index (κ3) is 23.0. The summed E-state index contributed by atoms with van der Waals surface area (Å²) < 4.78 is 17.7. The molecule has 137 heavy (non-hydrogen) atoms. The summed E-state index contributed by atoms with van der Waals surface area (Å²) in [5.41, 5.74) is 18.0. The van der Waals surface area contributed by atoms with Crippen LogP contribution in [-0.2, 0) is 90.8 Å². The maximum absolute atomic E-state index is 15.6. The van der Waals surface area contributed by atoms with Gasteiger partial charge < -0.3 is 119 Å². The number of methoxy groups -OCH3 is 2. The van der Waals surface area contributed by atoms with E-state index in [1.807, 2.05) is 62.4 Å². The van der Waals surface area contributed by atoms with E-state index in [1.165, 1.54) is 39.6 Å². The SMILES string of the molecule is CC(=O)[C@H](CC(=O)O)NC(=O)CC[C@H](NC(=O)c1ccc(NCc2cnc3nc(N)[nH]c(=O)c3n2)cc1)C(=O)O.CC[C@]1(O)C[C@H]2CN(CCc3c([nH]c4ccccc34)[C@@](C(=O)OC)(c3cc4c(cc3OC)N(C)[C@H]3[C@](O)(C(=O)NNC(=O)OCCSSC[C@H](NC(=O)[C@H](CC(=O)O)NC(=O)[C@H](CC(=O)O)NC(=O)[C@H](CCCN=C(N)N)NC)C(=O)O)[C@H](O)[C@]5(CC)C=CCN6CC[C@]43[C@@H]65)C2)C1. The van der Waals surface area contributed by atoms with E-state index in [2.05, 4.69) is 87.8 Å². The Bertz CT molecular complexity index is 5710. The lowest BCUT2D eigenvalue weighted by atomic mass is 9.47. The van der Waals surface area contributed by atoms with E-state index in [9.17, 15) is 98.1 Å². The summed E-state index contributed by atoms with van der Waals surface area (Å²) in [6.07, 6.45) is 1.78. The molecule has 3 fully saturated rings. The first-order valence-corrected chi connectivity index (χ1v) is 46.6. The zero-order valence-electron chi connectivity index (χ0n) is 76.1. The van der Waals surface area contributed by atoms with Gasteiger partial charge in [-0.3, -0.25) is 82.7 Å². The van der Waals surface area contributed by atoms with Gasteiger partial charge in [-0.05, 0) is 132 Å². The molecule has 6 aromatic rings. The molecule has 3 aromatic carbocycles. The molecule has 740 valence electrons. The number of ether oxygens (including phenoxy) is 3. The predicted molar refractivity (Wildman–Crippen MR) is 496 cm³/mol. The van der Waals surface area contributed by atoms with Gasteiger partial charge in [-0.1, -0.05) is 65.8 Å². The van der Waals surface area contributed by atoms with Crippen LogP contribution in [0.5, 0.6) is 5.75 Å². The number of aliphatic hydroxyl groups is 3. The number of amides is 7. The van der Waals surface area contributed by atoms with Crippen molar-refractivity contribution in [3.63, 3.8) is 0 Å². The lowest BCUT2D eigenvalue weighted by Gasteiger charge is -2.63. The second-order valence-corrected chi connectivity index (χ2v) is 37.2. The number of aliphatic hydroxyl groups excluding tert-OH is 1. The van der Waals surface area contributed by atoms with Crippen LogP contribution in [0.15, 0.2) is 88.8 Å². The number of piperidine rings is 1. The molecule has 16 atom stereocenters. The van der Waals surface area contributed by atoms with Gasteiger partial charge in [0, 0.05) is 120 Å². The maximum Gasteiger partial charge on any atom is 0.426 e. The van der Waals surface area contributed by atoms with Crippen LogP contribution in [0.4, 0.5) is 22.1 Å². The fourth-order valence-electron chi connectivity index (χ4n) is 19.8. The van der Waals surface area contributed by atoms with Crippen molar-refractivity contribution < 1.29 is 122 Å². The molecule has 1 aliphatic carbocycles. The number of aromatic nitrogens is 5. The van der Waals surface area contributed by atoms with Crippen LogP contribution in [0.3, 0.4) is 0 Å². The number of aliphatic carboxylic acids is 5. The van der Waals surface area contributed by atoms with Gasteiger partial charge in [0.25, 0.3) is 17.4 Å². The van der Waals surface area contributed by atoms with Gasteiger partial charge in [0.05, 0.1) is 75.6 Å². The fourth-order valence-corrected chi connectivity index (χ4v) is 21.8. The summed E-state index contributed by atoms with van der Waals surface area (Å²) in [6, 6.07) is 7.03. The molecule has 2 saturated heterocycles. The van der Waals surface area contributed by atoms with Crippen LogP contribution in [0.2, 0.25) is 0 Å². The lowest BCUT2D eigenvalue weighted by Crippen LogP contribution is -2.82. The number of aromatic amines is 2. The third-order valence-corrected chi connectivity index (χ3v) is 28.4. The number of benzene rings is 3.